The largest absolute Gasteiger partial charge is 0.370 e. The Bertz CT molecular complexity index is 369. The summed E-state index contributed by atoms with van der Waals surface area (Å²) in [5.74, 6) is 0.0188. The number of nitrogens with one attached hydrogen (secondary N) is 2. The van der Waals surface area contributed by atoms with Crippen LogP contribution in [-0.4, -0.2) is 48.8 Å². The molecule has 7 heteroatoms. The fraction of sp³-hybridized carbons (Fsp3) is 0.833. The van der Waals surface area contributed by atoms with Crippen molar-refractivity contribution in [2.24, 2.45) is 26.9 Å². The van der Waals surface area contributed by atoms with E-state index in [0.717, 1.165) is 32.6 Å². The molecule has 7 nitrogen and oxygen atoms in total. The summed E-state index contributed by atoms with van der Waals surface area (Å²) in [6.45, 7) is 10.2. The van der Waals surface area contributed by atoms with E-state index in [1.165, 1.54) is 0 Å². The quantitative estimate of drug-likeness (QED) is 0.525. The molecule has 2 heterocycles. The number of piperazine rings is 1. The van der Waals surface area contributed by atoms with Gasteiger partial charge in [-0.05, 0) is 5.41 Å². The van der Waals surface area contributed by atoms with Gasteiger partial charge in [0.15, 0.2) is 11.9 Å². The summed E-state index contributed by atoms with van der Waals surface area (Å²) in [6.07, 6.45) is 0.781. The van der Waals surface area contributed by atoms with Crippen LogP contribution in [0.3, 0.4) is 0 Å². The van der Waals surface area contributed by atoms with Crippen LogP contribution in [0.2, 0.25) is 0 Å². The van der Waals surface area contributed by atoms with Crippen molar-refractivity contribution < 1.29 is 0 Å². The van der Waals surface area contributed by atoms with Gasteiger partial charge in [-0.25, -0.2) is 9.98 Å². The molecule has 0 bridgehead atoms. The highest BCUT2D eigenvalue weighted by Crippen LogP contribution is 2.35. The van der Waals surface area contributed by atoms with Crippen LogP contribution in [0.5, 0.6) is 0 Å². The van der Waals surface area contributed by atoms with Gasteiger partial charge in [0.25, 0.3) is 0 Å². The van der Waals surface area contributed by atoms with Gasteiger partial charge < -0.3 is 16.8 Å². The lowest BCUT2D eigenvalue weighted by molar-refractivity contribution is 0.0483. The normalized spacial score (nSPS) is 24.4. The standard InChI is InChI=1S/C12H25N7/c1-11(2,3)8-12(19-6-4-15-5-7-19)17-9(13)16-10(14)18-12/h15H,4-8H2,1-3H3,(H5,13,14,16,17,18). The fourth-order valence-corrected chi connectivity index (χ4v) is 2.66. The Morgan fingerprint density at radius 2 is 1.68 bits per heavy atom. The van der Waals surface area contributed by atoms with Gasteiger partial charge in [-0.3, -0.25) is 10.2 Å². The highest BCUT2D eigenvalue weighted by Gasteiger charge is 2.42. The van der Waals surface area contributed by atoms with Crippen LogP contribution >= 0.6 is 0 Å². The molecule has 0 amide bonds. The van der Waals surface area contributed by atoms with Crippen molar-refractivity contribution in [3.05, 3.63) is 0 Å². The van der Waals surface area contributed by atoms with Gasteiger partial charge in [0.05, 0.1) is 0 Å². The predicted molar refractivity (Wildman–Crippen MR) is 77.6 cm³/mol. The number of rotatable bonds is 2. The number of hydrogen-bond donors (Lipinski definition) is 4. The number of nitrogens with two attached hydrogens (primary N) is 2. The maximum Gasteiger partial charge on any atom is 0.215 e. The minimum Gasteiger partial charge on any atom is -0.370 e. The Labute approximate surface area is 114 Å². The molecule has 2 aliphatic rings. The molecule has 0 atom stereocenters. The molecule has 19 heavy (non-hydrogen) atoms. The smallest absolute Gasteiger partial charge is 0.215 e. The SMILES string of the molecule is CC(C)(C)CC1(N2CCNCC2)N=C(N)NC(N)=N1. The number of aliphatic imine (C=N–C) groups is 2. The zero-order valence-corrected chi connectivity index (χ0v) is 12.0. The highest BCUT2D eigenvalue weighted by molar-refractivity contribution is 5.98. The van der Waals surface area contributed by atoms with Gasteiger partial charge in [-0.2, -0.15) is 0 Å². The molecule has 0 aliphatic carbocycles. The summed E-state index contributed by atoms with van der Waals surface area (Å²) >= 11 is 0. The van der Waals surface area contributed by atoms with Crippen LogP contribution in [0.15, 0.2) is 9.98 Å². The van der Waals surface area contributed by atoms with Crippen LogP contribution in [-0.2, 0) is 0 Å². The lowest BCUT2D eigenvalue weighted by Gasteiger charge is -2.44. The van der Waals surface area contributed by atoms with E-state index in [1.807, 2.05) is 0 Å². The van der Waals surface area contributed by atoms with Gasteiger partial charge in [0.2, 0.25) is 5.79 Å². The van der Waals surface area contributed by atoms with E-state index in [0.29, 0.717) is 11.9 Å². The molecule has 0 saturated carbocycles. The number of nitrogens with zero attached hydrogens (tertiary/aromatic N) is 3. The zero-order valence-electron chi connectivity index (χ0n) is 12.0. The molecule has 2 rings (SSSR count). The number of guanidine groups is 2. The molecule has 0 spiro atoms. The lowest BCUT2D eigenvalue weighted by atomic mass is 9.87. The van der Waals surface area contributed by atoms with Gasteiger partial charge >= 0.3 is 0 Å². The molecular formula is C12H25N7. The average molecular weight is 267 g/mol. The lowest BCUT2D eigenvalue weighted by Crippen LogP contribution is -2.60. The van der Waals surface area contributed by atoms with E-state index < -0.39 is 5.79 Å². The van der Waals surface area contributed by atoms with E-state index >= 15 is 0 Å². The van der Waals surface area contributed by atoms with Crippen LogP contribution in [0.4, 0.5) is 0 Å². The molecule has 0 aromatic rings. The van der Waals surface area contributed by atoms with Gasteiger partial charge in [-0.15, -0.1) is 0 Å². The number of hydrogen-bond acceptors (Lipinski definition) is 7. The van der Waals surface area contributed by atoms with Gasteiger partial charge in [0.1, 0.15) is 0 Å². The second kappa shape index (κ2) is 4.97. The van der Waals surface area contributed by atoms with Crippen molar-refractivity contribution in [1.29, 1.82) is 0 Å². The van der Waals surface area contributed by atoms with E-state index in [-0.39, 0.29) is 5.41 Å². The molecule has 0 unspecified atom stereocenters. The van der Waals surface area contributed by atoms with Gasteiger partial charge in [-0.1, -0.05) is 20.8 Å². The Morgan fingerprint density at radius 1 is 1.16 bits per heavy atom. The highest BCUT2D eigenvalue weighted by atomic mass is 15.5. The molecule has 0 aromatic heterocycles. The molecular weight excluding hydrogens is 242 g/mol. The van der Waals surface area contributed by atoms with E-state index in [1.54, 1.807) is 0 Å². The predicted octanol–water partition coefficient (Wildman–Crippen LogP) is -0.786. The van der Waals surface area contributed by atoms with E-state index in [2.05, 4.69) is 46.3 Å². The van der Waals surface area contributed by atoms with Crippen LogP contribution < -0.4 is 22.1 Å². The van der Waals surface area contributed by atoms with E-state index in [4.69, 9.17) is 11.5 Å². The maximum absolute atomic E-state index is 5.86. The van der Waals surface area contributed by atoms with Gasteiger partial charge in [0, 0.05) is 32.6 Å². The third kappa shape index (κ3) is 3.36. The third-order valence-electron chi connectivity index (χ3n) is 3.25. The molecule has 0 radical (unpaired) electrons. The van der Waals surface area contributed by atoms with Crippen molar-refractivity contribution in [3.8, 4) is 0 Å². The molecule has 0 aromatic carbocycles. The third-order valence-corrected chi connectivity index (χ3v) is 3.25. The van der Waals surface area contributed by atoms with E-state index in [9.17, 15) is 0 Å². The maximum atomic E-state index is 5.86. The average Bonchev–Trinajstić information content (AvgIpc) is 2.26. The first-order valence-electron chi connectivity index (χ1n) is 6.74. The molecule has 6 N–H and O–H groups in total. The summed E-state index contributed by atoms with van der Waals surface area (Å²) in [5, 5.41) is 6.11. The molecule has 1 fully saturated rings. The first-order chi connectivity index (χ1) is 8.81. The molecule has 108 valence electrons. The Balaban J connectivity index is 2.34. The first-order valence-corrected chi connectivity index (χ1v) is 6.74. The second-order valence-corrected chi connectivity index (χ2v) is 6.37. The Kier molecular flexibility index (Phi) is 3.69. The topological polar surface area (TPSA) is 104 Å². The minimum absolute atomic E-state index is 0.0791. The van der Waals surface area contributed by atoms with Crippen molar-refractivity contribution >= 4 is 11.9 Å². The van der Waals surface area contributed by atoms with Crippen LogP contribution in [0.25, 0.3) is 0 Å². The Hall–Kier alpha value is -1.34. The summed E-state index contributed by atoms with van der Waals surface area (Å²) in [5.41, 5.74) is 11.8. The molecule has 1 saturated heterocycles. The van der Waals surface area contributed by atoms with Crippen LogP contribution in [0, 0.1) is 5.41 Å². The monoisotopic (exact) mass is 267 g/mol. The summed E-state index contributed by atoms with van der Waals surface area (Å²) in [6, 6.07) is 0. The Morgan fingerprint density at radius 3 is 2.16 bits per heavy atom. The minimum atomic E-state index is -0.667. The van der Waals surface area contributed by atoms with Crippen LogP contribution in [0.1, 0.15) is 27.2 Å². The van der Waals surface area contributed by atoms with Crippen molar-refractivity contribution in [2.75, 3.05) is 26.2 Å². The fourth-order valence-electron chi connectivity index (χ4n) is 2.66. The van der Waals surface area contributed by atoms with Crippen molar-refractivity contribution in [2.45, 2.75) is 33.0 Å². The summed E-state index contributed by atoms with van der Waals surface area (Å²) in [7, 11) is 0. The van der Waals surface area contributed by atoms with Crippen molar-refractivity contribution in [1.82, 2.24) is 15.5 Å². The molecule has 2 aliphatic heterocycles. The summed E-state index contributed by atoms with van der Waals surface area (Å²) in [4.78, 5) is 11.4. The van der Waals surface area contributed by atoms with Crippen molar-refractivity contribution in [3.63, 3.8) is 0 Å². The second-order valence-electron chi connectivity index (χ2n) is 6.37. The zero-order chi connectivity index (χ0) is 14.1. The summed E-state index contributed by atoms with van der Waals surface area (Å²) < 4.78 is 0. The first kappa shape index (κ1) is 14.1.